The average molecular weight is 443 g/mol. The number of carbonyl (C=O) groups excluding carboxylic acids is 1. The Balaban J connectivity index is 1.45. The zero-order valence-corrected chi connectivity index (χ0v) is 18.1. The van der Waals surface area contributed by atoms with Gasteiger partial charge in [0, 0.05) is 41.0 Å². The molecule has 9 heteroatoms. The number of benzene rings is 1. The van der Waals surface area contributed by atoms with Gasteiger partial charge in [-0.15, -0.1) is 5.10 Å². The number of fused-ring (bicyclic) bond motifs is 1. The number of para-hydroxylation sites is 1. The molecule has 0 aliphatic heterocycles. The van der Waals surface area contributed by atoms with Crippen molar-refractivity contribution in [3.05, 3.63) is 78.5 Å². The highest BCUT2D eigenvalue weighted by molar-refractivity contribution is 7.20. The number of aromatic nitrogens is 5. The van der Waals surface area contributed by atoms with Crippen molar-refractivity contribution in [2.75, 3.05) is 12.4 Å². The van der Waals surface area contributed by atoms with Gasteiger partial charge in [0.1, 0.15) is 5.75 Å². The van der Waals surface area contributed by atoms with E-state index in [0.717, 1.165) is 28.1 Å². The number of pyridine rings is 2. The molecule has 0 atom stereocenters. The van der Waals surface area contributed by atoms with E-state index in [-0.39, 0.29) is 5.91 Å². The van der Waals surface area contributed by atoms with Crippen molar-refractivity contribution >= 4 is 27.3 Å². The number of hydrogen-bond acceptors (Lipinski definition) is 7. The van der Waals surface area contributed by atoms with Gasteiger partial charge in [-0.1, -0.05) is 29.5 Å². The minimum atomic E-state index is -0.303. The van der Waals surface area contributed by atoms with Gasteiger partial charge in [0.25, 0.3) is 5.91 Å². The van der Waals surface area contributed by atoms with Gasteiger partial charge in [0.2, 0.25) is 10.1 Å². The lowest BCUT2D eigenvalue weighted by Gasteiger charge is -2.13. The molecular weight excluding hydrogens is 424 g/mol. The van der Waals surface area contributed by atoms with Crippen molar-refractivity contribution in [2.24, 2.45) is 0 Å². The number of rotatable bonds is 5. The lowest BCUT2D eigenvalue weighted by Crippen LogP contribution is -2.14. The van der Waals surface area contributed by atoms with Gasteiger partial charge in [-0.25, -0.2) is 9.50 Å². The molecule has 0 aliphatic carbocycles. The Morgan fingerprint density at radius 2 is 2.00 bits per heavy atom. The summed E-state index contributed by atoms with van der Waals surface area (Å²) >= 11 is 1.29. The standard InChI is InChI=1S/C23H18N6O2S/c1-14-10-17(16-7-3-4-8-20(16)31-2)18(12-25-14)21(30)27-22-28-29-13-19(26-23(29)32-22)15-6-5-9-24-11-15/h3-13H,1-2H3,(H,27,28,30). The van der Waals surface area contributed by atoms with Gasteiger partial charge in [-0.2, -0.15) is 0 Å². The average Bonchev–Trinajstić information content (AvgIpc) is 3.38. The topological polar surface area (TPSA) is 94.3 Å². The van der Waals surface area contributed by atoms with Crippen molar-refractivity contribution < 1.29 is 9.53 Å². The number of nitrogens with one attached hydrogen (secondary N) is 1. The summed E-state index contributed by atoms with van der Waals surface area (Å²) in [6.07, 6.45) is 6.85. The molecule has 0 spiro atoms. The second-order valence-electron chi connectivity index (χ2n) is 7.03. The normalized spacial score (nSPS) is 10.9. The molecule has 5 aromatic rings. The molecular formula is C23H18N6O2S. The zero-order chi connectivity index (χ0) is 22.1. The summed E-state index contributed by atoms with van der Waals surface area (Å²) in [5, 5.41) is 7.77. The molecule has 158 valence electrons. The molecule has 4 heterocycles. The second-order valence-corrected chi connectivity index (χ2v) is 7.98. The second kappa shape index (κ2) is 8.20. The van der Waals surface area contributed by atoms with E-state index in [2.05, 4.69) is 25.4 Å². The first kappa shape index (κ1) is 19.8. The van der Waals surface area contributed by atoms with Crippen molar-refractivity contribution in [1.29, 1.82) is 0 Å². The number of anilines is 1. The Bertz CT molecular complexity index is 1400. The van der Waals surface area contributed by atoms with Gasteiger partial charge in [-0.05, 0) is 31.2 Å². The predicted octanol–water partition coefficient (Wildman–Crippen LogP) is 4.48. The Labute approximate surface area is 187 Å². The number of aryl methyl sites for hydroxylation is 1. The van der Waals surface area contributed by atoms with E-state index in [1.54, 1.807) is 30.2 Å². The number of imidazole rings is 1. The number of ether oxygens (including phenoxy) is 1. The first-order valence-electron chi connectivity index (χ1n) is 9.80. The number of nitrogens with zero attached hydrogens (tertiary/aromatic N) is 5. The first-order valence-corrected chi connectivity index (χ1v) is 10.6. The van der Waals surface area contributed by atoms with Gasteiger partial charge < -0.3 is 4.74 Å². The summed E-state index contributed by atoms with van der Waals surface area (Å²) in [6, 6.07) is 13.3. The minimum Gasteiger partial charge on any atom is -0.496 e. The molecule has 0 saturated heterocycles. The summed E-state index contributed by atoms with van der Waals surface area (Å²) in [7, 11) is 1.61. The molecule has 1 amide bonds. The monoisotopic (exact) mass is 442 g/mol. The fourth-order valence-corrected chi connectivity index (χ4v) is 4.18. The fraction of sp³-hybridized carbons (Fsp3) is 0.0870. The van der Waals surface area contributed by atoms with E-state index in [1.165, 1.54) is 11.3 Å². The molecule has 0 radical (unpaired) electrons. The van der Waals surface area contributed by atoms with E-state index < -0.39 is 0 Å². The maximum atomic E-state index is 13.1. The highest BCUT2D eigenvalue weighted by Crippen LogP contribution is 2.33. The van der Waals surface area contributed by atoms with E-state index in [9.17, 15) is 4.79 Å². The van der Waals surface area contributed by atoms with E-state index >= 15 is 0 Å². The smallest absolute Gasteiger partial charge is 0.259 e. The molecule has 8 nitrogen and oxygen atoms in total. The molecule has 0 aliphatic rings. The third kappa shape index (κ3) is 3.69. The number of methoxy groups -OCH3 is 1. The van der Waals surface area contributed by atoms with Gasteiger partial charge in [0.05, 0.1) is 24.6 Å². The van der Waals surface area contributed by atoms with Crippen molar-refractivity contribution in [3.63, 3.8) is 0 Å². The number of hydrogen-bond donors (Lipinski definition) is 1. The SMILES string of the molecule is COc1ccccc1-c1cc(C)ncc1C(=O)Nc1nn2cc(-c3cccnc3)nc2s1. The van der Waals surface area contributed by atoms with Crippen LogP contribution in [0, 0.1) is 6.92 Å². The Morgan fingerprint density at radius 3 is 2.78 bits per heavy atom. The van der Waals surface area contributed by atoms with Crippen LogP contribution < -0.4 is 10.1 Å². The third-order valence-electron chi connectivity index (χ3n) is 4.90. The van der Waals surface area contributed by atoms with Crippen LogP contribution in [0.25, 0.3) is 27.3 Å². The molecule has 0 fully saturated rings. The molecule has 4 aromatic heterocycles. The van der Waals surface area contributed by atoms with Crippen molar-refractivity contribution in [1.82, 2.24) is 24.6 Å². The third-order valence-corrected chi connectivity index (χ3v) is 5.74. The minimum absolute atomic E-state index is 0.303. The van der Waals surface area contributed by atoms with Crippen LogP contribution >= 0.6 is 11.3 Å². The van der Waals surface area contributed by atoms with E-state index in [0.29, 0.717) is 21.4 Å². The fourth-order valence-electron chi connectivity index (χ4n) is 3.40. The van der Waals surface area contributed by atoms with Crippen LogP contribution in [0.3, 0.4) is 0 Å². The summed E-state index contributed by atoms with van der Waals surface area (Å²) < 4.78 is 7.14. The Hall–Kier alpha value is -4.11. The van der Waals surface area contributed by atoms with E-state index in [1.807, 2.05) is 55.6 Å². The van der Waals surface area contributed by atoms with Crippen LogP contribution in [0.15, 0.2) is 67.3 Å². The zero-order valence-electron chi connectivity index (χ0n) is 17.3. The van der Waals surface area contributed by atoms with Crippen molar-refractivity contribution in [2.45, 2.75) is 6.92 Å². The van der Waals surface area contributed by atoms with Gasteiger partial charge >= 0.3 is 0 Å². The first-order chi connectivity index (χ1) is 15.6. The van der Waals surface area contributed by atoms with Crippen LogP contribution in [0.4, 0.5) is 5.13 Å². The molecule has 5 rings (SSSR count). The molecule has 0 bridgehead atoms. The lowest BCUT2D eigenvalue weighted by molar-refractivity contribution is 0.102. The van der Waals surface area contributed by atoms with Gasteiger partial charge in [0.15, 0.2) is 0 Å². The largest absolute Gasteiger partial charge is 0.496 e. The summed E-state index contributed by atoms with van der Waals surface area (Å²) in [4.78, 5) is 26.8. The number of amides is 1. The highest BCUT2D eigenvalue weighted by atomic mass is 32.1. The molecule has 0 saturated carbocycles. The lowest BCUT2D eigenvalue weighted by atomic mass is 9.99. The van der Waals surface area contributed by atoms with Crippen LogP contribution in [-0.4, -0.2) is 37.6 Å². The van der Waals surface area contributed by atoms with Gasteiger partial charge in [-0.3, -0.25) is 20.1 Å². The molecule has 0 unspecified atom stereocenters. The van der Waals surface area contributed by atoms with Crippen LogP contribution in [0.5, 0.6) is 5.75 Å². The maximum absolute atomic E-state index is 13.1. The summed E-state index contributed by atoms with van der Waals surface area (Å²) in [5.74, 6) is 0.380. The van der Waals surface area contributed by atoms with E-state index in [4.69, 9.17) is 4.74 Å². The highest BCUT2D eigenvalue weighted by Gasteiger charge is 2.19. The summed E-state index contributed by atoms with van der Waals surface area (Å²) in [5.41, 5.74) is 4.48. The van der Waals surface area contributed by atoms with Crippen LogP contribution in [-0.2, 0) is 0 Å². The Kier molecular flexibility index (Phi) is 5.08. The molecule has 1 N–H and O–H groups in total. The quantitative estimate of drug-likeness (QED) is 0.431. The molecule has 1 aromatic carbocycles. The number of carbonyl (C=O) groups is 1. The Morgan fingerprint density at radius 1 is 1.12 bits per heavy atom. The predicted molar refractivity (Wildman–Crippen MR) is 123 cm³/mol. The van der Waals surface area contributed by atoms with Crippen LogP contribution in [0.2, 0.25) is 0 Å². The summed E-state index contributed by atoms with van der Waals surface area (Å²) in [6.45, 7) is 1.89. The maximum Gasteiger partial charge on any atom is 0.259 e. The van der Waals surface area contributed by atoms with Crippen LogP contribution in [0.1, 0.15) is 16.1 Å². The van der Waals surface area contributed by atoms with Crippen molar-refractivity contribution in [3.8, 4) is 28.1 Å². The molecule has 32 heavy (non-hydrogen) atoms.